The monoisotopic (exact) mass is 270 g/mol. The van der Waals surface area contributed by atoms with E-state index < -0.39 is 8.32 Å². The minimum absolute atomic E-state index is 0.325. The largest absolute Gasteiger partial charge is 0.414 e. The Bertz CT molecular complexity index is 295. The van der Waals surface area contributed by atoms with Crippen LogP contribution in [0, 0.1) is 17.8 Å². The molecule has 0 unspecified atom stereocenters. The molecule has 0 aromatic rings. The molecule has 2 rings (SSSR count). The van der Waals surface area contributed by atoms with Crippen molar-refractivity contribution in [3.63, 3.8) is 0 Å². The van der Waals surface area contributed by atoms with Gasteiger partial charge >= 0.3 is 0 Å². The molecule has 106 valence electrons. The molecule has 0 heterocycles. The summed E-state index contributed by atoms with van der Waals surface area (Å²) >= 11 is 0. The fraction of sp³-hybridized carbons (Fsp3) is 1.00. The number of hydrogen-bond acceptors (Lipinski definition) is 2. The minimum Gasteiger partial charge on any atom is -0.414 e. The molecule has 0 aromatic carbocycles. The van der Waals surface area contributed by atoms with Crippen molar-refractivity contribution >= 4 is 8.32 Å². The van der Waals surface area contributed by atoms with Crippen molar-refractivity contribution in [1.82, 2.24) is 0 Å². The molecule has 0 saturated heterocycles. The van der Waals surface area contributed by atoms with Gasteiger partial charge in [-0.05, 0) is 55.1 Å². The van der Waals surface area contributed by atoms with E-state index in [2.05, 4.69) is 33.9 Å². The molecule has 0 amide bonds. The molecule has 2 fully saturated rings. The summed E-state index contributed by atoms with van der Waals surface area (Å²) in [6.45, 7) is 12.7. The average molecular weight is 270 g/mol. The van der Waals surface area contributed by atoms with Crippen LogP contribution in [-0.4, -0.2) is 28.1 Å². The normalized spacial score (nSPS) is 36.3. The van der Waals surface area contributed by atoms with Crippen molar-refractivity contribution in [1.29, 1.82) is 0 Å². The molecule has 4 atom stereocenters. The molecule has 2 aliphatic rings. The zero-order chi connectivity index (χ0) is 13.6. The van der Waals surface area contributed by atoms with Crippen LogP contribution < -0.4 is 0 Å². The van der Waals surface area contributed by atoms with Crippen molar-refractivity contribution in [2.75, 3.05) is 13.7 Å². The summed E-state index contributed by atoms with van der Waals surface area (Å²) in [5.41, 5.74) is 0. The van der Waals surface area contributed by atoms with E-state index in [-0.39, 0.29) is 0 Å². The van der Waals surface area contributed by atoms with Crippen molar-refractivity contribution in [2.24, 2.45) is 17.8 Å². The van der Waals surface area contributed by atoms with Gasteiger partial charge in [-0.3, -0.25) is 0 Å². The van der Waals surface area contributed by atoms with E-state index in [1.54, 1.807) is 0 Å². The average Bonchev–Trinajstić information content (AvgIpc) is 2.74. The number of fused-ring (bicyclic) bond motifs is 2. The van der Waals surface area contributed by atoms with Crippen molar-refractivity contribution in [3.8, 4) is 0 Å². The Morgan fingerprint density at radius 3 is 2.28 bits per heavy atom. The second-order valence-corrected chi connectivity index (χ2v) is 12.6. The fourth-order valence-electron chi connectivity index (χ4n) is 3.52. The molecular formula is C15H30O2Si. The van der Waals surface area contributed by atoms with E-state index >= 15 is 0 Å². The maximum absolute atomic E-state index is 6.66. The lowest BCUT2D eigenvalue weighted by molar-refractivity contribution is 0.0487. The van der Waals surface area contributed by atoms with Crippen LogP contribution >= 0.6 is 0 Å². The summed E-state index contributed by atoms with van der Waals surface area (Å²) in [4.78, 5) is 0. The zero-order valence-electron chi connectivity index (χ0n) is 13.0. The Hall–Kier alpha value is 0.137. The van der Waals surface area contributed by atoms with E-state index in [4.69, 9.17) is 9.16 Å². The van der Waals surface area contributed by atoms with E-state index in [0.717, 1.165) is 24.4 Å². The number of rotatable bonds is 4. The topological polar surface area (TPSA) is 18.5 Å². The van der Waals surface area contributed by atoms with Crippen LogP contribution in [0.4, 0.5) is 0 Å². The van der Waals surface area contributed by atoms with Gasteiger partial charge in [0.25, 0.3) is 0 Å². The highest BCUT2D eigenvalue weighted by molar-refractivity contribution is 6.74. The SMILES string of the molecule is COC[C@@H]1C[C@@H]2C[C@H]1[C@@H](O[Si](C)(C)C(C)(C)C)C2. The third-order valence-electron chi connectivity index (χ3n) is 5.52. The summed E-state index contributed by atoms with van der Waals surface area (Å²) in [6.07, 6.45) is 4.57. The lowest BCUT2D eigenvalue weighted by Crippen LogP contribution is -2.46. The van der Waals surface area contributed by atoms with Crippen LogP contribution in [0.15, 0.2) is 0 Å². The van der Waals surface area contributed by atoms with Gasteiger partial charge in [0.05, 0.1) is 0 Å². The smallest absolute Gasteiger partial charge is 0.192 e. The number of ether oxygens (including phenoxy) is 1. The van der Waals surface area contributed by atoms with Crippen LogP contribution in [0.25, 0.3) is 0 Å². The van der Waals surface area contributed by atoms with Gasteiger partial charge in [-0.1, -0.05) is 20.8 Å². The van der Waals surface area contributed by atoms with Crippen molar-refractivity contribution in [3.05, 3.63) is 0 Å². The molecular weight excluding hydrogens is 240 g/mol. The highest BCUT2D eigenvalue weighted by Gasteiger charge is 2.50. The van der Waals surface area contributed by atoms with Gasteiger partial charge in [-0.2, -0.15) is 0 Å². The molecule has 3 heteroatoms. The van der Waals surface area contributed by atoms with Gasteiger partial charge in [-0.25, -0.2) is 0 Å². The third-order valence-corrected chi connectivity index (χ3v) is 10.0. The Morgan fingerprint density at radius 2 is 1.78 bits per heavy atom. The first-order chi connectivity index (χ1) is 8.24. The Kier molecular flexibility index (Phi) is 3.97. The molecule has 2 bridgehead atoms. The van der Waals surface area contributed by atoms with Gasteiger partial charge in [0.1, 0.15) is 0 Å². The standard InChI is InChI=1S/C15H30O2Si/c1-15(2,3)18(5,6)17-14-9-11-7-12(10-16-4)13(14)8-11/h11-14H,7-10H2,1-6H3/t11-,12+,13-,14+/m1/s1. The van der Waals surface area contributed by atoms with Crippen molar-refractivity contribution < 1.29 is 9.16 Å². The predicted octanol–water partition coefficient (Wildman–Crippen LogP) is 4.07. The van der Waals surface area contributed by atoms with Gasteiger partial charge < -0.3 is 9.16 Å². The van der Waals surface area contributed by atoms with Gasteiger partial charge in [0.2, 0.25) is 0 Å². The maximum atomic E-state index is 6.66. The van der Waals surface area contributed by atoms with Crippen LogP contribution in [0.2, 0.25) is 18.1 Å². The van der Waals surface area contributed by atoms with Crippen molar-refractivity contribution in [2.45, 2.75) is 64.3 Å². The van der Waals surface area contributed by atoms with E-state index in [1.165, 1.54) is 19.3 Å². The lowest BCUT2D eigenvalue weighted by Gasteiger charge is -2.41. The third kappa shape index (κ3) is 2.68. The predicted molar refractivity (Wildman–Crippen MR) is 78.3 cm³/mol. The summed E-state index contributed by atoms with van der Waals surface area (Å²) < 4.78 is 12.0. The summed E-state index contributed by atoms with van der Waals surface area (Å²) in [5, 5.41) is 0.325. The molecule has 2 nitrogen and oxygen atoms in total. The summed E-state index contributed by atoms with van der Waals surface area (Å²) in [5.74, 6) is 2.43. The highest BCUT2D eigenvalue weighted by atomic mass is 28.4. The first kappa shape index (κ1) is 14.5. The Morgan fingerprint density at radius 1 is 1.11 bits per heavy atom. The van der Waals surface area contributed by atoms with E-state index in [1.807, 2.05) is 7.11 Å². The molecule has 0 aliphatic heterocycles. The van der Waals surface area contributed by atoms with Gasteiger partial charge in [0, 0.05) is 19.8 Å². The first-order valence-electron chi connectivity index (χ1n) is 7.41. The maximum Gasteiger partial charge on any atom is 0.192 e. The molecule has 2 aliphatic carbocycles. The molecule has 0 radical (unpaired) electrons. The van der Waals surface area contributed by atoms with Gasteiger partial charge in [0.15, 0.2) is 8.32 Å². The highest BCUT2D eigenvalue weighted by Crippen LogP contribution is 2.51. The quantitative estimate of drug-likeness (QED) is 0.717. The molecule has 0 N–H and O–H groups in total. The first-order valence-corrected chi connectivity index (χ1v) is 10.3. The van der Waals surface area contributed by atoms with Crippen LogP contribution in [0.1, 0.15) is 40.0 Å². The summed E-state index contributed by atoms with van der Waals surface area (Å²) in [6, 6.07) is 0. The lowest BCUT2D eigenvalue weighted by atomic mass is 9.87. The number of hydrogen-bond donors (Lipinski definition) is 0. The molecule has 2 saturated carbocycles. The van der Waals surface area contributed by atoms with Crippen LogP contribution in [0.3, 0.4) is 0 Å². The fourth-order valence-corrected chi connectivity index (χ4v) is 4.91. The van der Waals surface area contributed by atoms with Gasteiger partial charge in [-0.15, -0.1) is 0 Å². The Labute approximate surface area is 114 Å². The summed E-state index contributed by atoms with van der Waals surface area (Å²) in [7, 11) is 0.228. The Balaban J connectivity index is 1.99. The minimum atomic E-state index is -1.60. The van der Waals surface area contributed by atoms with E-state index in [9.17, 15) is 0 Å². The second-order valence-electron chi connectivity index (χ2n) is 7.87. The number of methoxy groups -OCH3 is 1. The van der Waals surface area contributed by atoms with Crippen LogP contribution in [-0.2, 0) is 9.16 Å². The molecule has 18 heavy (non-hydrogen) atoms. The second kappa shape index (κ2) is 4.91. The zero-order valence-corrected chi connectivity index (χ0v) is 14.0. The molecule has 0 aromatic heterocycles. The van der Waals surface area contributed by atoms with Crippen LogP contribution in [0.5, 0.6) is 0 Å². The van der Waals surface area contributed by atoms with E-state index in [0.29, 0.717) is 11.1 Å². The molecule has 0 spiro atoms.